The number of para-hydroxylation sites is 1. The fraction of sp³-hybridized carbons (Fsp3) is 0.444. The van der Waals surface area contributed by atoms with Gasteiger partial charge in [0, 0.05) is 43.2 Å². The summed E-state index contributed by atoms with van der Waals surface area (Å²) in [6, 6.07) is 8.69. The minimum absolute atomic E-state index is 0.393. The molecule has 1 aromatic heterocycles. The highest BCUT2D eigenvalue weighted by atomic mass is 16.5. The zero-order valence-corrected chi connectivity index (χ0v) is 13.7. The second kappa shape index (κ2) is 7.53. The molecule has 3 rings (SSSR count). The Bertz CT molecular complexity index is 630. The average molecular weight is 313 g/mol. The Morgan fingerprint density at radius 3 is 2.70 bits per heavy atom. The van der Waals surface area contributed by atoms with Crippen LogP contribution in [0.5, 0.6) is 5.75 Å². The van der Waals surface area contributed by atoms with Crippen LogP contribution in [0.25, 0.3) is 0 Å². The first-order valence-corrected chi connectivity index (χ1v) is 7.97. The second-order valence-electron chi connectivity index (χ2n) is 5.81. The van der Waals surface area contributed by atoms with Crippen molar-refractivity contribution in [2.45, 2.75) is 32.0 Å². The van der Waals surface area contributed by atoms with E-state index < -0.39 is 0 Å². The van der Waals surface area contributed by atoms with Crippen molar-refractivity contribution in [2.24, 2.45) is 0 Å². The first-order chi connectivity index (χ1) is 11.3. The van der Waals surface area contributed by atoms with Gasteiger partial charge in [0.25, 0.3) is 0 Å². The molecule has 1 aliphatic heterocycles. The highest BCUT2D eigenvalue weighted by molar-refractivity contribution is 5.36. The summed E-state index contributed by atoms with van der Waals surface area (Å²) in [5.41, 5.74) is 2.40. The van der Waals surface area contributed by atoms with Crippen LogP contribution in [0.15, 0.2) is 36.7 Å². The van der Waals surface area contributed by atoms with Crippen LogP contribution in [0.4, 0.5) is 0 Å². The quantitative estimate of drug-likeness (QED) is 0.820. The number of nitrogens with zero attached hydrogens (tertiary/aromatic N) is 3. The zero-order chi connectivity index (χ0) is 16.1. The molecule has 0 amide bonds. The van der Waals surface area contributed by atoms with E-state index in [4.69, 9.17) is 9.47 Å². The van der Waals surface area contributed by atoms with E-state index in [0.717, 1.165) is 36.6 Å². The zero-order valence-electron chi connectivity index (χ0n) is 13.7. The largest absolute Gasteiger partial charge is 0.496 e. The number of hydrogen-bond donors (Lipinski definition) is 0. The van der Waals surface area contributed by atoms with E-state index in [1.807, 2.05) is 24.5 Å². The van der Waals surface area contributed by atoms with E-state index in [1.54, 1.807) is 14.2 Å². The first kappa shape index (κ1) is 15.9. The predicted molar refractivity (Wildman–Crippen MR) is 88.1 cm³/mol. The summed E-state index contributed by atoms with van der Waals surface area (Å²) in [6.45, 7) is 2.40. The molecule has 2 aromatic rings. The van der Waals surface area contributed by atoms with Crippen LogP contribution in [0.1, 0.15) is 35.8 Å². The molecule has 0 spiro atoms. The van der Waals surface area contributed by atoms with Crippen molar-refractivity contribution in [1.29, 1.82) is 0 Å². The molecule has 1 fully saturated rings. The van der Waals surface area contributed by atoms with Crippen molar-refractivity contribution < 1.29 is 9.47 Å². The summed E-state index contributed by atoms with van der Waals surface area (Å²) >= 11 is 0. The van der Waals surface area contributed by atoms with Crippen LogP contribution in [-0.4, -0.2) is 35.6 Å². The molecule has 0 N–H and O–H groups in total. The van der Waals surface area contributed by atoms with Crippen molar-refractivity contribution in [3.05, 3.63) is 53.6 Å². The molecule has 122 valence electrons. The number of methoxy groups -OCH3 is 2. The van der Waals surface area contributed by atoms with Gasteiger partial charge in [-0.2, -0.15) is 0 Å². The normalized spacial score (nSPS) is 18.3. The standard InChI is InChI=1S/C18H23N3O2/c1-22-13-18-19-10-14(11-20-18)12-21-9-5-7-16(21)15-6-3-4-8-17(15)23-2/h3-4,6,8,10-11,16H,5,7,9,12-13H2,1-2H3/t16-/m0/s1. The van der Waals surface area contributed by atoms with Gasteiger partial charge < -0.3 is 9.47 Å². The number of ether oxygens (including phenoxy) is 2. The minimum atomic E-state index is 0.393. The number of rotatable bonds is 6. The summed E-state index contributed by atoms with van der Waals surface area (Å²) < 4.78 is 10.6. The van der Waals surface area contributed by atoms with Crippen LogP contribution >= 0.6 is 0 Å². The lowest BCUT2D eigenvalue weighted by Crippen LogP contribution is -2.23. The molecular formula is C18H23N3O2. The molecule has 0 aliphatic carbocycles. The Morgan fingerprint density at radius 1 is 1.17 bits per heavy atom. The summed E-state index contributed by atoms with van der Waals surface area (Å²) in [5, 5.41) is 0. The Balaban J connectivity index is 1.74. The monoisotopic (exact) mass is 313 g/mol. The van der Waals surface area contributed by atoms with Gasteiger partial charge in [0.15, 0.2) is 5.82 Å². The molecule has 1 aromatic carbocycles. The van der Waals surface area contributed by atoms with Crippen molar-refractivity contribution in [3.63, 3.8) is 0 Å². The predicted octanol–water partition coefficient (Wildman–Crippen LogP) is 2.97. The van der Waals surface area contributed by atoms with E-state index in [-0.39, 0.29) is 0 Å². The molecule has 0 saturated carbocycles. The smallest absolute Gasteiger partial charge is 0.153 e. The molecule has 5 nitrogen and oxygen atoms in total. The van der Waals surface area contributed by atoms with Gasteiger partial charge in [-0.1, -0.05) is 18.2 Å². The van der Waals surface area contributed by atoms with E-state index in [1.165, 1.54) is 12.0 Å². The maximum Gasteiger partial charge on any atom is 0.153 e. The summed E-state index contributed by atoms with van der Waals surface area (Å²) in [7, 11) is 3.39. The highest BCUT2D eigenvalue weighted by Gasteiger charge is 2.28. The van der Waals surface area contributed by atoms with E-state index in [0.29, 0.717) is 12.6 Å². The molecule has 1 atom stereocenters. The highest BCUT2D eigenvalue weighted by Crippen LogP contribution is 2.37. The fourth-order valence-corrected chi connectivity index (χ4v) is 3.21. The third kappa shape index (κ3) is 3.68. The van der Waals surface area contributed by atoms with Crippen LogP contribution < -0.4 is 4.74 Å². The van der Waals surface area contributed by atoms with Crippen molar-refractivity contribution in [2.75, 3.05) is 20.8 Å². The SMILES string of the molecule is COCc1ncc(CN2CCC[C@H]2c2ccccc2OC)cn1. The number of aromatic nitrogens is 2. The molecule has 0 radical (unpaired) electrons. The van der Waals surface area contributed by atoms with Gasteiger partial charge in [-0.3, -0.25) is 4.90 Å². The lowest BCUT2D eigenvalue weighted by Gasteiger charge is -2.26. The summed E-state index contributed by atoms with van der Waals surface area (Å²) in [6.07, 6.45) is 6.16. The van der Waals surface area contributed by atoms with Crippen LogP contribution in [0.2, 0.25) is 0 Å². The first-order valence-electron chi connectivity index (χ1n) is 7.97. The lowest BCUT2D eigenvalue weighted by atomic mass is 10.0. The van der Waals surface area contributed by atoms with Crippen molar-refractivity contribution in [1.82, 2.24) is 14.9 Å². The fourth-order valence-electron chi connectivity index (χ4n) is 3.21. The average Bonchev–Trinajstić information content (AvgIpc) is 3.05. The summed E-state index contributed by atoms with van der Waals surface area (Å²) in [5.74, 6) is 1.69. The van der Waals surface area contributed by atoms with E-state index >= 15 is 0 Å². The minimum Gasteiger partial charge on any atom is -0.496 e. The van der Waals surface area contributed by atoms with Crippen molar-refractivity contribution >= 4 is 0 Å². The Morgan fingerprint density at radius 2 is 1.96 bits per heavy atom. The molecule has 0 bridgehead atoms. The van der Waals surface area contributed by atoms with Crippen LogP contribution in [-0.2, 0) is 17.9 Å². The van der Waals surface area contributed by atoms with Gasteiger partial charge >= 0.3 is 0 Å². The maximum absolute atomic E-state index is 5.53. The molecule has 1 saturated heterocycles. The molecule has 1 aliphatic rings. The molecular weight excluding hydrogens is 290 g/mol. The Labute approximate surface area is 137 Å². The van der Waals surface area contributed by atoms with Gasteiger partial charge in [-0.15, -0.1) is 0 Å². The Hall–Kier alpha value is -1.98. The number of likely N-dealkylation sites (tertiary alicyclic amines) is 1. The van der Waals surface area contributed by atoms with E-state index in [2.05, 4.69) is 27.0 Å². The van der Waals surface area contributed by atoms with Crippen molar-refractivity contribution in [3.8, 4) is 5.75 Å². The topological polar surface area (TPSA) is 47.5 Å². The third-order valence-electron chi connectivity index (χ3n) is 4.28. The number of hydrogen-bond acceptors (Lipinski definition) is 5. The van der Waals surface area contributed by atoms with Crippen LogP contribution in [0.3, 0.4) is 0 Å². The van der Waals surface area contributed by atoms with Gasteiger partial charge in [0.2, 0.25) is 0 Å². The maximum atomic E-state index is 5.53. The molecule has 2 heterocycles. The van der Waals surface area contributed by atoms with Gasteiger partial charge in [0.1, 0.15) is 12.4 Å². The molecule has 0 unspecified atom stereocenters. The van der Waals surface area contributed by atoms with Gasteiger partial charge in [-0.05, 0) is 25.5 Å². The molecule has 23 heavy (non-hydrogen) atoms. The number of benzene rings is 1. The third-order valence-corrected chi connectivity index (χ3v) is 4.28. The van der Waals surface area contributed by atoms with Gasteiger partial charge in [0.05, 0.1) is 7.11 Å². The lowest BCUT2D eigenvalue weighted by molar-refractivity contribution is 0.177. The molecule has 5 heteroatoms. The second-order valence-corrected chi connectivity index (χ2v) is 5.81. The summed E-state index contributed by atoms with van der Waals surface area (Å²) in [4.78, 5) is 11.2. The van der Waals surface area contributed by atoms with Crippen LogP contribution in [0, 0.1) is 0 Å². The van der Waals surface area contributed by atoms with E-state index in [9.17, 15) is 0 Å². The Kier molecular flexibility index (Phi) is 5.20. The van der Waals surface area contributed by atoms with Gasteiger partial charge in [-0.25, -0.2) is 9.97 Å².